The molecule has 3 aromatic rings. The number of ether oxygens (including phenoxy) is 1. The predicted octanol–water partition coefficient (Wildman–Crippen LogP) is 5.57. The molecule has 0 aliphatic rings. The lowest BCUT2D eigenvalue weighted by molar-refractivity contribution is 0.0500. The molecular weight excluding hydrogens is 458 g/mol. The summed E-state index contributed by atoms with van der Waals surface area (Å²) in [6, 6.07) is 9.68. The number of carbonyl (C=O) groups is 1. The molecule has 0 spiro atoms. The van der Waals surface area contributed by atoms with Gasteiger partial charge in [-0.2, -0.15) is 0 Å². The Kier molecular flexibility index (Phi) is 6.33. The topological polar surface area (TPSA) is 85.6 Å². The van der Waals surface area contributed by atoms with E-state index in [0.29, 0.717) is 40.2 Å². The van der Waals surface area contributed by atoms with Crippen molar-refractivity contribution in [3.05, 3.63) is 57.8 Å². The third kappa shape index (κ3) is 4.64. The van der Waals surface area contributed by atoms with Gasteiger partial charge in [0, 0.05) is 9.86 Å². The molecule has 0 bridgehead atoms. The van der Waals surface area contributed by atoms with Crippen LogP contribution in [0, 0.1) is 13.8 Å². The number of rotatable bonds is 7. The van der Waals surface area contributed by atoms with Crippen LogP contribution in [0.5, 0.6) is 0 Å². The molecule has 1 N–H and O–H groups in total. The summed E-state index contributed by atoms with van der Waals surface area (Å²) < 4.78 is 39.9. The number of unbranched alkanes of at least 4 members (excludes halogenated alkanes) is 1. The molecule has 0 aliphatic heterocycles. The second kappa shape index (κ2) is 8.59. The van der Waals surface area contributed by atoms with E-state index >= 15 is 0 Å². The summed E-state index contributed by atoms with van der Waals surface area (Å²) in [5.41, 5.74) is 1.89. The number of anilines is 1. The van der Waals surface area contributed by atoms with Crippen molar-refractivity contribution >= 4 is 48.6 Å². The summed E-state index contributed by atoms with van der Waals surface area (Å²) in [6.45, 7) is 5.81. The fourth-order valence-corrected chi connectivity index (χ4v) is 4.32. The molecule has 0 saturated carbocycles. The van der Waals surface area contributed by atoms with Gasteiger partial charge in [-0.05, 0) is 62.2 Å². The van der Waals surface area contributed by atoms with Gasteiger partial charge in [0.05, 0.1) is 17.2 Å². The van der Waals surface area contributed by atoms with E-state index in [9.17, 15) is 13.2 Å². The lowest BCUT2D eigenvalue weighted by Crippen LogP contribution is -2.13. The minimum Gasteiger partial charge on any atom is -0.462 e. The summed E-state index contributed by atoms with van der Waals surface area (Å²) in [6.07, 6.45) is 1.69. The summed E-state index contributed by atoms with van der Waals surface area (Å²) in [5, 5.41) is 0.517. The smallest absolute Gasteiger partial charge is 0.342 e. The number of fused-ring (bicyclic) bond motifs is 1. The van der Waals surface area contributed by atoms with Crippen LogP contribution in [0.15, 0.2) is 50.2 Å². The summed E-state index contributed by atoms with van der Waals surface area (Å²) in [4.78, 5) is 12.7. The van der Waals surface area contributed by atoms with Crippen LogP contribution in [0.3, 0.4) is 0 Å². The van der Waals surface area contributed by atoms with Crippen LogP contribution in [0.2, 0.25) is 0 Å². The lowest BCUT2D eigenvalue weighted by atomic mass is 10.1. The van der Waals surface area contributed by atoms with E-state index in [1.54, 1.807) is 38.1 Å². The lowest BCUT2D eigenvalue weighted by Gasteiger charge is -2.11. The SMILES string of the molecule is CCCCOC(=O)c1c(C)oc2cc(C)c(NS(=O)(=O)c3ccc(Br)cc3)cc12. The summed E-state index contributed by atoms with van der Waals surface area (Å²) in [7, 11) is -3.78. The highest BCUT2D eigenvalue weighted by Crippen LogP contribution is 2.32. The predicted molar refractivity (Wildman–Crippen MR) is 116 cm³/mol. The first kappa shape index (κ1) is 21.4. The van der Waals surface area contributed by atoms with Gasteiger partial charge in [-0.1, -0.05) is 29.3 Å². The van der Waals surface area contributed by atoms with Crippen molar-refractivity contribution in [1.29, 1.82) is 0 Å². The Morgan fingerprint density at radius 1 is 1.17 bits per heavy atom. The van der Waals surface area contributed by atoms with Gasteiger partial charge in [0.25, 0.3) is 10.0 Å². The molecular formula is C21H22BrNO5S. The quantitative estimate of drug-likeness (QED) is 0.353. The van der Waals surface area contributed by atoms with Gasteiger partial charge in [-0.3, -0.25) is 4.72 Å². The number of esters is 1. The van der Waals surface area contributed by atoms with E-state index in [0.717, 1.165) is 17.3 Å². The monoisotopic (exact) mass is 479 g/mol. The molecule has 154 valence electrons. The van der Waals surface area contributed by atoms with E-state index in [2.05, 4.69) is 20.7 Å². The third-order valence-corrected chi connectivity index (χ3v) is 6.42. The standard InChI is InChI=1S/C21H22BrNO5S/c1-4-5-10-27-21(24)20-14(3)28-19-11-13(2)18(12-17(19)20)23-29(25,26)16-8-6-15(22)7-9-16/h6-9,11-12,23H,4-5,10H2,1-3H3. The highest BCUT2D eigenvalue weighted by atomic mass is 79.9. The maximum atomic E-state index is 12.8. The zero-order valence-corrected chi connectivity index (χ0v) is 18.8. The van der Waals surface area contributed by atoms with Gasteiger partial charge < -0.3 is 9.15 Å². The van der Waals surface area contributed by atoms with Gasteiger partial charge >= 0.3 is 5.97 Å². The van der Waals surface area contributed by atoms with E-state index in [1.165, 1.54) is 12.1 Å². The average molecular weight is 480 g/mol. The fraction of sp³-hybridized carbons (Fsp3) is 0.286. The molecule has 8 heteroatoms. The molecule has 1 aromatic heterocycles. The molecule has 0 aliphatic carbocycles. The van der Waals surface area contributed by atoms with Crippen molar-refractivity contribution in [2.75, 3.05) is 11.3 Å². The highest BCUT2D eigenvalue weighted by Gasteiger charge is 2.22. The molecule has 0 saturated heterocycles. The average Bonchev–Trinajstić information content (AvgIpc) is 2.97. The fourth-order valence-electron chi connectivity index (χ4n) is 2.93. The first-order valence-electron chi connectivity index (χ1n) is 9.22. The largest absolute Gasteiger partial charge is 0.462 e. The number of carbonyl (C=O) groups excluding carboxylic acids is 1. The molecule has 1 heterocycles. The molecule has 3 rings (SSSR count). The van der Waals surface area contributed by atoms with E-state index in [1.807, 2.05) is 6.92 Å². The van der Waals surface area contributed by atoms with Gasteiger partial charge in [0.15, 0.2) is 0 Å². The Balaban J connectivity index is 1.98. The minimum atomic E-state index is -3.78. The van der Waals surface area contributed by atoms with E-state index in [4.69, 9.17) is 9.15 Å². The van der Waals surface area contributed by atoms with Gasteiger partial charge in [-0.15, -0.1) is 0 Å². The van der Waals surface area contributed by atoms with E-state index < -0.39 is 16.0 Å². The maximum absolute atomic E-state index is 12.8. The Morgan fingerprint density at radius 3 is 2.52 bits per heavy atom. The van der Waals surface area contributed by atoms with Crippen LogP contribution in [-0.4, -0.2) is 21.0 Å². The molecule has 2 aromatic carbocycles. The van der Waals surface area contributed by atoms with Crippen molar-refractivity contribution in [3.8, 4) is 0 Å². The third-order valence-electron chi connectivity index (χ3n) is 4.51. The molecule has 0 fully saturated rings. The number of aryl methyl sites for hydroxylation is 2. The number of nitrogens with one attached hydrogen (secondary N) is 1. The van der Waals surface area contributed by atoms with Crippen molar-refractivity contribution in [3.63, 3.8) is 0 Å². The summed E-state index contributed by atoms with van der Waals surface area (Å²) in [5.74, 6) is -0.0333. The maximum Gasteiger partial charge on any atom is 0.342 e. The van der Waals surface area contributed by atoms with Gasteiger partial charge in [-0.25, -0.2) is 13.2 Å². The normalized spacial score (nSPS) is 11.6. The van der Waals surface area contributed by atoms with Crippen LogP contribution >= 0.6 is 15.9 Å². The second-order valence-corrected chi connectivity index (χ2v) is 9.34. The molecule has 0 atom stereocenters. The Bertz CT molecular complexity index is 1150. The number of sulfonamides is 1. The highest BCUT2D eigenvalue weighted by molar-refractivity contribution is 9.10. The van der Waals surface area contributed by atoms with Crippen molar-refractivity contribution < 1.29 is 22.4 Å². The first-order chi connectivity index (χ1) is 13.7. The Morgan fingerprint density at radius 2 is 1.86 bits per heavy atom. The Hall–Kier alpha value is -2.32. The minimum absolute atomic E-state index is 0.141. The van der Waals surface area contributed by atoms with Gasteiger partial charge in [0.1, 0.15) is 16.9 Å². The van der Waals surface area contributed by atoms with Crippen LogP contribution in [0.25, 0.3) is 11.0 Å². The molecule has 0 unspecified atom stereocenters. The van der Waals surface area contributed by atoms with Crippen LogP contribution in [0.4, 0.5) is 5.69 Å². The van der Waals surface area contributed by atoms with Crippen molar-refractivity contribution in [2.45, 2.75) is 38.5 Å². The van der Waals surface area contributed by atoms with Crippen molar-refractivity contribution in [2.24, 2.45) is 0 Å². The number of hydrogen-bond donors (Lipinski definition) is 1. The number of benzene rings is 2. The van der Waals surface area contributed by atoms with Crippen molar-refractivity contribution in [1.82, 2.24) is 0 Å². The first-order valence-corrected chi connectivity index (χ1v) is 11.5. The van der Waals surface area contributed by atoms with E-state index in [-0.39, 0.29) is 4.90 Å². The van der Waals surface area contributed by atoms with Crippen LogP contribution in [-0.2, 0) is 14.8 Å². The number of halogens is 1. The zero-order valence-electron chi connectivity index (χ0n) is 16.4. The van der Waals surface area contributed by atoms with Gasteiger partial charge in [0.2, 0.25) is 0 Å². The number of furan rings is 1. The zero-order chi connectivity index (χ0) is 21.2. The molecule has 0 amide bonds. The second-order valence-electron chi connectivity index (χ2n) is 6.75. The molecule has 6 nitrogen and oxygen atoms in total. The van der Waals surface area contributed by atoms with Crippen LogP contribution in [0.1, 0.15) is 41.4 Å². The summed E-state index contributed by atoms with van der Waals surface area (Å²) >= 11 is 3.29. The van der Waals surface area contributed by atoms with Crippen LogP contribution < -0.4 is 4.72 Å². The Labute approximate surface area is 178 Å². The number of hydrogen-bond acceptors (Lipinski definition) is 5. The molecule has 29 heavy (non-hydrogen) atoms. The molecule has 0 radical (unpaired) electrons.